The lowest BCUT2D eigenvalue weighted by Gasteiger charge is -2.28. The number of hydrogen-bond donors (Lipinski definition) is 2. The van der Waals surface area contributed by atoms with Crippen LogP contribution in [-0.4, -0.2) is 35.1 Å². The molecule has 2 aliphatic rings. The number of hydrogen-bond acceptors (Lipinski definition) is 3. The van der Waals surface area contributed by atoms with Gasteiger partial charge in [0, 0.05) is 0 Å². The van der Waals surface area contributed by atoms with Crippen molar-refractivity contribution < 1.29 is 14.9 Å². The van der Waals surface area contributed by atoms with Gasteiger partial charge >= 0.3 is 0 Å². The van der Waals surface area contributed by atoms with Crippen molar-refractivity contribution in [3.05, 3.63) is 0 Å². The molecule has 2 rings (SSSR count). The van der Waals surface area contributed by atoms with Gasteiger partial charge in [-0.1, -0.05) is 12.8 Å². The highest BCUT2D eigenvalue weighted by molar-refractivity contribution is 4.74. The molecular weight excluding hydrogens is 192 g/mol. The summed E-state index contributed by atoms with van der Waals surface area (Å²) in [7, 11) is 0. The van der Waals surface area contributed by atoms with E-state index >= 15 is 0 Å². The summed E-state index contributed by atoms with van der Waals surface area (Å²) >= 11 is 0. The highest BCUT2D eigenvalue weighted by atomic mass is 16.5. The Morgan fingerprint density at radius 3 is 1.73 bits per heavy atom. The zero-order valence-corrected chi connectivity index (χ0v) is 9.69. The summed E-state index contributed by atoms with van der Waals surface area (Å²) in [5, 5.41) is 16.0. The minimum atomic E-state index is -0.560. The van der Waals surface area contributed by atoms with E-state index in [1.165, 1.54) is 51.9 Å². The molecule has 0 saturated heterocycles. The summed E-state index contributed by atoms with van der Waals surface area (Å²) in [4.78, 5) is 0. The highest BCUT2D eigenvalue weighted by Crippen LogP contribution is 2.29. The maximum atomic E-state index is 8.11. The Kier molecular flexibility index (Phi) is 6.22. The Bertz CT molecular complexity index is 149. The molecule has 3 heteroatoms. The summed E-state index contributed by atoms with van der Waals surface area (Å²) in [5.41, 5.74) is 0. The fourth-order valence-electron chi connectivity index (χ4n) is 1.80. The van der Waals surface area contributed by atoms with Crippen LogP contribution in [0.15, 0.2) is 0 Å². The van der Waals surface area contributed by atoms with Crippen molar-refractivity contribution in [3.8, 4) is 0 Å². The van der Waals surface area contributed by atoms with Gasteiger partial charge in [-0.25, -0.2) is 0 Å². The highest BCUT2D eigenvalue weighted by Gasteiger charge is 2.24. The van der Waals surface area contributed by atoms with Crippen LogP contribution in [0, 0.1) is 0 Å². The third-order valence-corrected chi connectivity index (χ3v) is 3.00. The summed E-state index contributed by atoms with van der Waals surface area (Å²) in [6.45, 7) is 1.39. The lowest BCUT2D eigenvalue weighted by Crippen LogP contribution is -2.26. The van der Waals surface area contributed by atoms with Crippen LogP contribution in [0.5, 0.6) is 0 Å². The molecule has 15 heavy (non-hydrogen) atoms. The quantitative estimate of drug-likeness (QED) is 0.757. The predicted octanol–water partition coefficient (Wildman–Crippen LogP) is 1.86. The van der Waals surface area contributed by atoms with Crippen molar-refractivity contribution in [1.29, 1.82) is 0 Å². The van der Waals surface area contributed by atoms with Gasteiger partial charge in [0.05, 0.1) is 24.9 Å². The molecule has 0 spiro atoms. The third-order valence-electron chi connectivity index (χ3n) is 3.00. The van der Waals surface area contributed by atoms with Gasteiger partial charge in [-0.2, -0.15) is 0 Å². The van der Waals surface area contributed by atoms with Crippen molar-refractivity contribution in [1.82, 2.24) is 0 Å². The van der Waals surface area contributed by atoms with Crippen LogP contribution in [0.3, 0.4) is 0 Å². The van der Waals surface area contributed by atoms with E-state index in [1.807, 2.05) is 0 Å². The van der Waals surface area contributed by atoms with Crippen LogP contribution < -0.4 is 0 Å². The molecule has 0 aromatic rings. The number of aliphatic hydroxyl groups is 2. The molecule has 0 radical (unpaired) electrons. The first-order valence-corrected chi connectivity index (χ1v) is 6.16. The van der Waals surface area contributed by atoms with E-state index in [9.17, 15) is 0 Å². The topological polar surface area (TPSA) is 49.7 Å². The monoisotopic (exact) mass is 216 g/mol. The first-order chi connectivity index (χ1) is 7.22. The van der Waals surface area contributed by atoms with Gasteiger partial charge in [0.1, 0.15) is 0 Å². The zero-order valence-electron chi connectivity index (χ0n) is 9.69. The maximum Gasteiger partial charge on any atom is 0.0742 e. The van der Waals surface area contributed by atoms with Crippen LogP contribution in [0.25, 0.3) is 0 Å². The van der Waals surface area contributed by atoms with E-state index in [2.05, 4.69) is 0 Å². The second-order valence-electron chi connectivity index (χ2n) is 4.63. The van der Waals surface area contributed by atoms with Crippen molar-refractivity contribution in [2.24, 2.45) is 0 Å². The van der Waals surface area contributed by atoms with Crippen LogP contribution >= 0.6 is 0 Å². The first kappa shape index (κ1) is 12.9. The van der Waals surface area contributed by atoms with Gasteiger partial charge in [-0.05, 0) is 39.0 Å². The molecule has 90 valence electrons. The molecule has 2 N–H and O–H groups in total. The summed E-state index contributed by atoms with van der Waals surface area (Å²) < 4.78 is 5.85. The normalized spacial score (nSPS) is 24.2. The Morgan fingerprint density at radius 2 is 1.47 bits per heavy atom. The second kappa shape index (κ2) is 7.20. The molecule has 0 aromatic carbocycles. The van der Waals surface area contributed by atoms with Gasteiger partial charge < -0.3 is 14.9 Å². The fraction of sp³-hybridized carbons (Fsp3) is 1.00. The molecule has 0 heterocycles. The third kappa shape index (κ3) is 5.50. The van der Waals surface area contributed by atoms with Crippen molar-refractivity contribution in [2.45, 2.75) is 70.2 Å². The standard InChI is InChI=1S/C9H16O.C3H8O2/c1-2-5-8(4-1)10-9-6-3-7-9;1-3(5)2-4/h8-9H,1-7H2;3-5H,2H2,1H3. The smallest absolute Gasteiger partial charge is 0.0742 e. The molecule has 2 saturated carbocycles. The van der Waals surface area contributed by atoms with E-state index in [1.54, 1.807) is 0 Å². The largest absolute Gasteiger partial charge is 0.394 e. The Balaban J connectivity index is 0.000000195. The van der Waals surface area contributed by atoms with Gasteiger partial charge in [0.25, 0.3) is 0 Å². The van der Waals surface area contributed by atoms with E-state index in [4.69, 9.17) is 14.9 Å². The van der Waals surface area contributed by atoms with Gasteiger partial charge in [-0.15, -0.1) is 0 Å². The molecule has 0 aromatic heterocycles. The first-order valence-electron chi connectivity index (χ1n) is 6.16. The van der Waals surface area contributed by atoms with Crippen LogP contribution in [0.1, 0.15) is 51.9 Å². The summed E-state index contributed by atoms with van der Waals surface area (Å²) in [6.07, 6.45) is 10.3. The molecule has 3 nitrogen and oxygen atoms in total. The zero-order chi connectivity index (χ0) is 11.1. The molecule has 1 atom stereocenters. The minimum Gasteiger partial charge on any atom is -0.394 e. The Hall–Kier alpha value is -0.120. The van der Waals surface area contributed by atoms with Crippen LogP contribution in [0.2, 0.25) is 0 Å². The maximum absolute atomic E-state index is 8.11. The van der Waals surface area contributed by atoms with Gasteiger partial charge in [-0.3, -0.25) is 0 Å². The average Bonchev–Trinajstić information content (AvgIpc) is 2.65. The molecule has 2 fully saturated rings. The van der Waals surface area contributed by atoms with Crippen molar-refractivity contribution in [2.75, 3.05) is 6.61 Å². The van der Waals surface area contributed by atoms with Crippen molar-refractivity contribution in [3.63, 3.8) is 0 Å². The fourth-order valence-corrected chi connectivity index (χ4v) is 1.80. The van der Waals surface area contributed by atoms with Crippen molar-refractivity contribution >= 4 is 0 Å². The Morgan fingerprint density at radius 1 is 1.07 bits per heavy atom. The van der Waals surface area contributed by atoms with E-state index < -0.39 is 6.10 Å². The SMILES string of the molecule is C1CCC(OC2CCC2)C1.CC(O)CO. The minimum absolute atomic E-state index is 0.139. The van der Waals surface area contributed by atoms with Gasteiger partial charge in [0.15, 0.2) is 0 Å². The van der Waals surface area contributed by atoms with E-state index in [-0.39, 0.29) is 6.61 Å². The molecule has 0 bridgehead atoms. The number of ether oxygens (including phenoxy) is 1. The number of aliphatic hydroxyl groups excluding tert-OH is 2. The molecule has 1 unspecified atom stereocenters. The van der Waals surface area contributed by atoms with Crippen LogP contribution in [0.4, 0.5) is 0 Å². The molecule has 0 amide bonds. The molecule has 0 aliphatic heterocycles. The molecular formula is C12H24O3. The number of rotatable bonds is 3. The van der Waals surface area contributed by atoms with Gasteiger partial charge in [0.2, 0.25) is 0 Å². The van der Waals surface area contributed by atoms with E-state index in [0.29, 0.717) is 12.2 Å². The predicted molar refractivity (Wildman–Crippen MR) is 59.7 cm³/mol. The second-order valence-corrected chi connectivity index (χ2v) is 4.63. The molecule has 2 aliphatic carbocycles. The average molecular weight is 216 g/mol. The van der Waals surface area contributed by atoms with Crippen LogP contribution in [-0.2, 0) is 4.74 Å². The Labute approximate surface area is 92.4 Å². The summed E-state index contributed by atoms with van der Waals surface area (Å²) in [5.74, 6) is 0. The van der Waals surface area contributed by atoms with E-state index in [0.717, 1.165) is 0 Å². The lowest BCUT2D eigenvalue weighted by atomic mass is 9.96. The lowest BCUT2D eigenvalue weighted by molar-refractivity contribution is -0.0474. The summed E-state index contributed by atoms with van der Waals surface area (Å²) in [6, 6.07) is 0.